The molecule has 0 atom stereocenters. The molecule has 0 spiro atoms. The molecule has 0 amide bonds. The van der Waals surface area contributed by atoms with Crippen molar-refractivity contribution in [3.05, 3.63) is 70.3 Å². The van der Waals surface area contributed by atoms with Crippen LogP contribution < -0.4 is 10.6 Å². The average molecular weight is 409 g/mol. The fourth-order valence-corrected chi connectivity index (χ4v) is 3.82. The Morgan fingerprint density at radius 1 is 1.03 bits per heavy atom. The molecule has 1 aliphatic heterocycles. The van der Waals surface area contributed by atoms with Gasteiger partial charge in [0, 0.05) is 32.7 Å². The van der Waals surface area contributed by atoms with Crippen molar-refractivity contribution in [1.29, 1.82) is 0 Å². The highest BCUT2D eigenvalue weighted by Gasteiger charge is 2.16. The molecule has 30 heavy (non-hydrogen) atoms. The molecule has 5 heteroatoms. The summed E-state index contributed by atoms with van der Waals surface area (Å²) in [5.74, 6) is 0.841. The van der Waals surface area contributed by atoms with E-state index in [1.54, 1.807) is 0 Å². The molecule has 0 radical (unpaired) electrons. The van der Waals surface area contributed by atoms with Gasteiger partial charge in [-0.2, -0.15) is 0 Å². The summed E-state index contributed by atoms with van der Waals surface area (Å²) in [6, 6.07) is 15.3. The largest absolute Gasteiger partial charge is 0.393 e. The average Bonchev–Trinajstić information content (AvgIpc) is 2.74. The number of hydrogen-bond donors (Lipinski definition) is 3. The lowest BCUT2D eigenvalue weighted by molar-refractivity contribution is 0.0792. The van der Waals surface area contributed by atoms with Crippen molar-refractivity contribution in [1.82, 2.24) is 15.5 Å². The van der Waals surface area contributed by atoms with E-state index >= 15 is 0 Å². The van der Waals surface area contributed by atoms with E-state index in [1.165, 1.54) is 27.8 Å². The third-order valence-electron chi connectivity index (χ3n) is 5.69. The minimum atomic E-state index is -0.115. The Morgan fingerprint density at radius 3 is 2.40 bits per heavy atom. The lowest BCUT2D eigenvalue weighted by Gasteiger charge is -2.29. The van der Waals surface area contributed by atoms with E-state index in [9.17, 15) is 5.11 Å². The molecule has 2 aromatic rings. The highest BCUT2D eigenvalue weighted by atomic mass is 16.3. The number of likely N-dealkylation sites (tertiary alicyclic amines) is 1. The van der Waals surface area contributed by atoms with Crippen LogP contribution in [0.5, 0.6) is 0 Å². The fraction of sp³-hybridized carbons (Fsp3) is 0.480. The number of hydrogen-bond acceptors (Lipinski definition) is 3. The summed E-state index contributed by atoms with van der Waals surface area (Å²) in [7, 11) is 0. The van der Waals surface area contributed by atoms with Crippen LogP contribution >= 0.6 is 0 Å². The van der Waals surface area contributed by atoms with Crippen molar-refractivity contribution in [2.75, 3.05) is 19.6 Å². The molecule has 1 heterocycles. The van der Waals surface area contributed by atoms with Crippen LogP contribution in [-0.4, -0.2) is 41.7 Å². The molecule has 0 aliphatic carbocycles. The fourth-order valence-electron chi connectivity index (χ4n) is 3.82. The Labute approximate surface area is 181 Å². The van der Waals surface area contributed by atoms with E-state index in [0.29, 0.717) is 6.54 Å². The summed E-state index contributed by atoms with van der Waals surface area (Å²) in [5.41, 5.74) is 6.41. The van der Waals surface area contributed by atoms with Crippen molar-refractivity contribution in [3.8, 4) is 0 Å². The van der Waals surface area contributed by atoms with Gasteiger partial charge < -0.3 is 15.7 Å². The molecule has 1 aliphatic rings. The lowest BCUT2D eigenvalue weighted by atomic mass is 10.1. The maximum Gasteiger partial charge on any atom is 0.191 e. The molecular formula is C25H36N4O. The summed E-state index contributed by atoms with van der Waals surface area (Å²) < 4.78 is 0. The van der Waals surface area contributed by atoms with Gasteiger partial charge in [0.1, 0.15) is 0 Å². The van der Waals surface area contributed by atoms with E-state index in [4.69, 9.17) is 4.99 Å². The number of aliphatic hydroxyl groups is 1. The van der Waals surface area contributed by atoms with Crippen LogP contribution in [0.1, 0.15) is 47.6 Å². The number of nitrogens with zero attached hydrogens (tertiary/aromatic N) is 2. The van der Waals surface area contributed by atoms with Gasteiger partial charge in [-0.05, 0) is 55.9 Å². The van der Waals surface area contributed by atoms with Crippen molar-refractivity contribution >= 4 is 5.96 Å². The highest BCUT2D eigenvalue weighted by molar-refractivity contribution is 5.79. The summed E-state index contributed by atoms with van der Waals surface area (Å²) in [6.07, 6.45) is 1.65. The molecule has 3 N–H and O–H groups in total. The summed E-state index contributed by atoms with van der Waals surface area (Å²) >= 11 is 0. The molecule has 0 unspecified atom stereocenters. The molecule has 1 saturated heterocycles. The van der Waals surface area contributed by atoms with E-state index in [2.05, 4.69) is 78.8 Å². The van der Waals surface area contributed by atoms with Gasteiger partial charge in [-0.1, -0.05) is 48.0 Å². The molecule has 0 saturated carbocycles. The van der Waals surface area contributed by atoms with Gasteiger partial charge >= 0.3 is 0 Å². The van der Waals surface area contributed by atoms with Crippen LogP contribution in [0.4, 0.5) is 0 Å². The van der Waals surface area contributed by atoms with Crippen LogP contribution in [0.15, 0.2) is 47.5 Å². The van der Waals surface area contributed by atoms with Gasteiger partial charge in [0.05, 0.1) is 12.6 Å². The zero-order valence-corrected chi connectivity index (χ0v) is 18.6. The number of nitrogens with one attached hydrogen (secondary N) is 2. The predicted octanol–water partition coefficient (Wildman–Crippen LogP) is 3.52. The van der Waals surface area contributed by atoms with E-state index in [1.807, 2.05) is 0 Å². The number of benzene rings is 2. The number of piperidine rings is 1. The molecule has 0 aromatic heterocycles. The van der Waals surface area contributed by atoms with Crippen LogP contribution in [0, 0.1) is 13.8 Å². The van der Waals surface area contributed by atoms with E-state index in [0.717, 1.165) is 51.5 Å². The van der Waals surface area contributed by atoms with Gasteiger partial charge in [-0.25, -0.2) is 4.99 Å². The number of guanidine groups is 1. The molecule has 0 bridgehead atoms. The van der Waals surface area contributed by atoms with E-state index in [-0.39, 0.29) is 6.10 Å². The van der Waals surface area contributed by atoms with Gasteiger partial charge in [0.15, 0.2) is 5.96 Å². The first-order valence-electron chi connectivity index (χ1n) is 11.1. The minimum absolute atomic E-state index is 0.115. The first-order valence-corrected chi connectivity index (χ1v) is 11.1. The van der Waals surface area contributed by atoms with Gasteiger partial charge in [0.25, 0.3) is 0 Å². The number of rotatable bonds is 7. The summed E-state index contributed by atoms with van der Waals surface area (Å²) in [6.45, 7) is 11.5. The summed E-state index contributed by atoms with van der Waals surface area (Å²) in [5, 5.41) is 16.4. The predicted molar refractivity (Wildman–Crippen MR) is 125 cm³/mol. The highest BCUT2D eigenvalue weighted by Crippen LogP contribution is 2.15. The molecule has 5 nitrogen and oxygen atoms in total. The second-order valence-corrected chi connectivity index (χ2v) is 8.30. The van der Waals surface area contributed by atoms with Crippen LogP contribution in [0.2, 0.25) is 0 Å². The maximum atomic E-state index is 9.65. The topological polar surface area (TPSA) is 59.9 Å². The zero-order valence-electron chi connectivity index (χ0n) is 18.6. The van der Waals surface area contributed by atoms with Gasteiger partial charge in [0.2, 0.25) is 0 Å². The Hall–Kier alpha value is -2.37. The summed E-state index contributed by atoms with van der Waals surface area (Å²) in [4.78, 5) is 7.17. The number of aryl methyl sites for hydroxylation is 2. The quantitative estimate of drug-likeness (QED) is 0.485. The smallest absolute Gasteiger partial charge is 0.191 e. The van der Waals surface area contributed by atoms with Crippen molar-refractivity contribution in [2.45, 2.75) is 59.4 Å². The molecule has 3 rings (SSSR count). The number of aliphatic imine (C=N–C) groups is 1. The van der Waals surface area contributed by atoms with Crippen LogP contribution in [-0.2, 0) is 19.6 Å². The Kier molecular flexibility index (Phi) is 8.29. The SMILES string of the molecule is CCNC(=NCc1ccc(CN2CCC(O)CC2)cc1)NCc1ccc(C)cc1C. The number of aliphatic hydroxyl groups excluding tert-OH is 1. The molecule has 162 valence electrons. The van der Waals surface area contributed by atoms with Crippen molar-refractivity contribution in [2.24, 2.45) is 4.99 Å². The molecule has 1 fully saturated rings. The van der Waals surface area contributed by atoms with Crippen LogP contribution in [0.25, 0.3) is 0 Å². The molecule has 2 aromatic carbocycles. The standard InChI is InChI=1S/C25H36N4O/c1-4-26-25(28-17-23-10-5-19(2)15-20(23)3)27-16-21-6-8-22(9-7-21)18-29-13-11-24(30)12-14-29/h5-10,15,24,30H,4,11-14,16-18H2,1-3H3,(H2,26,27,28). The zero-order chi connectivity index (χ0) is 21.3. The molecular weight excluding hydrogens is 372 g/mol. The first kappa shape index (κ1) is 22.3. The maximum absolute atomic E-state index is 9.65. The van der Waals surface area contributed by atoms with E-state index < -0.39 is 0 Å². The van der Waals surface area contributed by atoms with Crippen molar-refractivity contribution < 1.29 is 5.11 Å². The lowest BCUT2D eigenvalue weighted by Crippen LogP contribution is -2.37. The minimum Gasteiger partial charge on any atom is -0.393 e. The Bertz CT molecular complexity index is 824. The second-order valence-electron chi connectivity index (χ2n) is 8.30. The Balaban J connectivity index is 1.53. The van der Waals surface area contributed by atoms with Gasteiger partial charge in [-0.15, -0.1) is 0 Å². The normalized spacial score (nSPS) is 15.9. The van der Waals surface area contributed by atoms with Crippen molar-refractivity contribution in [3.63, 3.8) is 0 Å². The van der Waals surface area contributed by atoms with Gasteiger partial charge in [-0.3, -0.25) is 4.90 Å². The third kappa shape index (κ3) is 6.85. The van der Waals surface area contributed by atoms with Crippen LogP contribution in [0.3, 0.4) is 0 Å². The third-order valence-corrected chi connectivity index (χ3v) is 5.69. The Morgan fingerprint density at radius 2 is 1.73 bits per heavy atom. The monoisotopic (exact) mass is 408 g/mol. The second kappa shape index (κ2) is 11.1. The first-order chi connectivity index (χ1) is 14.5.